The van der Waals surface area contributed by atoms with E-state index in [2.05, 4.69) is 25.7 Å². The average Bonchev–Trinajstić information content (AvgIpc) is 2.36. The molecular weight excluding hydrogens is 258 g/mol. The van der Waals surface area contributed by atoms with Crippen molar-refractivity contribution in [3.8, 4) is 17.6 Å². The molecular formula is C14H21NO3Si. The molecule has 1 atom stereocenters. The van der Waals surface area contributed by atoms with Gasteiger partial charge in [-0.05, 0) is 37.8 Å². The van der Waals surface area contributed by atoms with Gasteiger partial charge >= 0.3 is 0 Å². The van der Waals surface area contributed by atoms with Gasteiger partial charge in [0.05, 0.1) is 32.8 Å². The molecule has 5 heteroatoms. The molecule has 19 heavy (non-hydrogen) atoms. The SMILES string of the molecule is COc1ccc(OC)c(C(CC#N)O[Si](C)(C)C)c1. The van der Waals surface area contributed by atoms with E-state index in [9.17, 15) is 0 Å². The number of ether oxygens (including phenoxy) is 2. The molecule has 1 aromatic carbocycles. The molecule has 0 N–H and O–H groups in total. The quantitative estimate of drug-likeness (QED) is 0.748. The fourth-order valence-electron chi connectivity index (χ4n) is 1.82. The monoisotopic (exact) mass is 279 g/mol. The Morgan fingerprint density at radius 2 is 1.89 bits per heavy atom. The van der Waals surface area contributed by atoms with Gasteiger partial charge in [0.15, 0.2) is 8.32 Å². The zero-order chi connectivity index (χ0) is 14.5. The summed E-state index contributed by atoms with van der Waals surface area (Å²) >= 11 is 0. The van der Waals surface area contributed by atoms with Crippen LogP contribution >= 0.6 is 0 Å². The van der Waals surface area contributed by atoms with Gasteiger partial charge in [-0.15, -0.1) is 0 Å². The zero-order valence-corrected chi connectivity index (χ0v) is 13.2. The number of rotatable bonds is 6. The first kappa shape index (κ1) is 15.5. The van der Waals surface area contributed by atoms with Gasteiger partial charge in [-0.1, -0.05) is 0 Å². The topological polar surface area (TPSA) is 51.5 Å². The second-order valence-corrected chi connectivity index (χ2v) is 9.65. The molecule has 104 valence electrons. The fourth-order valence-corrected chi connectivity index (χ4v) is 2.88. The van der Waals surface area contributed by atoms with E-state index in [1.54, 1.807) is 14.2 Å². The van der Waals surface area contributed by atoms with E-state index in [1.165, 1.54) is 0 Å². The van der Waals surface area contributed by atoms with Gasteiger partial charge in [0.25, 0.3) is 0 Å². The maximum Gasteiger partial charge on any atom is 0.184 e. The molecule has 0 heterocycles. The van der Waals surface area contributed by atoms with Crippen molar-refractivity contribution in [2.45, 2.75) is 32.2 Å². The van der Waals surface area contributed by atoms with E-state index in [4.69, 9.17) is 19.2 Å². The first-order valence-electron chi connectivity index (χ1n) is 6.18. The largest absolute Gasteiger partial charge is 0.497 e. The van der Waals surface area contributed by atoms with Gasteiger partial charge in [0, 0.05) is 5.56 Å². The van der Waals surface area contributed by atoms with Gasteiger partial charge in [0.1, 0.15) is 11.5 Å². The van der Waals surface area contributed by atoms with E-state index in [0.717, 1.165) is 17.1 Å². The van der Waals surface area contributed by atoms with Crippen LogP contribution in [0.1, 0.15) is 18.1 Å². The number of hydrogen-bond acceptors (Lipinski definition) is 4. The smallest absolute Gasteiger partial charge is 0.184 e. The number of benzene rings is 1. The van der Waals surface area contributed by atoms with Gasteiger partial charge in [-0.3, -0.25) is 0 Å². The van der Waals surface area contributed by atoms with Crippen LogP contribution in [0.5, 0.6) is 11.5 Å². The van der Waals surface area contributed by atoms with Crippen molar-refractivity contribution >= 4 is 8.32 Å². The van der Waals surface area contributed by atoms with Crippen LogP contribution in [0.3, 0.4) is 0 Å². The van der Waals surface area contributed by atoms with E-state index in [-0.39, 0.29) is 6.10 Å². The van der Waals surface area contributed by atoms with Crippen molar-refractivity contribution in [3.63, 3.8) is 0 Å². The number of nitriles is 1. The Morgan fingerprint density at radius 3 is 2.37 bits per heavy atom. The Balaban J connectivity index is 3.16. The molecule has 0 radical (unpaired) electrons. The summed E-state index contributed by atoms with van der Waals surface area (Å²) in [6, 6.07) is 7.73. The zero-order valence-electron chi connectivity index (χ0n) is 12.2. The lowest BCUT2D eigenvalue weighted by Crippen LogP contribution is -2.28. The van der Waals surface area contributed by atoms with Crippen LogP contribution in [0.15, 0.2) is 18.2 Å². The molecule has 0 aliphatic heterocycles. The molecule has 1 unspecified atom stereocenters. The predicted octanol–water partition coefficient (Wildman–Crippen LogP) is 3.51. The van der Waals surface area contributed by atoms with Gasteiger partial charge < -0.3 is 13.9 Å². The molecule has 0 saturated heterocycles. The van der Waals surface area contributed by atoms with Crippen molar-refractivity contribution in [1.82, 2.24) is 0 Å². The van der Waals surface area contributed by atoms with E-state index < -0.39 is 8.32 Å². The Morgan fingerprint density at radius 1 is 1.21 bits per heavy atom. The van der Waals surface area contributed by atoms with Crippen LogP contribution in [-0.2, 0) is 4.43 Å². The molecule has 0 aromatic heterocycles. The summed E-state index contributed by atoms with van der Waals surface area (Å²) in [7, 11) is 1.48. The first-order valence-corrected chi connectivity index (χ1v) is 9.58. The number of nitrogens with zero attached hydrogens (tertiary/aromatic N) is 1. The highest BCUT2D eigenvalue weighted by molar-refractivity contribution is 6.69. The Hall–Kier alpha value is -1.51. The molecule has 1 aromatic rings. The molecule has 0 saturated carbocycles. The van der Waals surface area contributed by atoms with Crippen molar-refractivity contribution < 1.29 is 13.9 Å². The van der Waals surface area contributed by atoms with Crippen LogP contribution in [0, 0.1) is 11.3 Å². The van der Waals surface area contributed by atoms with Crippen LogP contribution in [-0.4, -0.2) is 22.5 Å². The van der Waals surface area contributed by atoms with Crippen molar-refractivity contribution in [3.05, 3.63) is 23.8 Å². The third-order valence-electron chi connectivity index (χ3n) is 2.56. The molecule has 1 rings (SSSR count). The van der Waals surface area contributed by atoms with Gasteiger partial charge in [-0.2, -0.15) is 5.26 Å². The van der Waals surface area contributed by atoms with Crippen molar-refractivity contribution in [2.75, 3.05) is 14.2 Å². The minimum Gasteiger partial charge on any atom is -0.497 e. The maximum absolute atomic E-state index is 9.00. The highest BCUT2D eigenvalue weighted by Gasteiger charge is 2.25. The van der Waals surface area contributed by atoms with Gasteiger partial charge in [0.2, 0.25) is 0 Å². The lowest BCUT2D eigenvalue weighted by Gasteiger charge is -2.26. The predicted molar refractivity (Wildman–Crippen MR) is 76.9 cm³/mol. The summed E-state index contributed by atoms with van der Waals surface area (Å²) in [6.07, 6.45) is 0.0232. The molecule has 0 aliphatic carbocycles. The molecule has 0 fully saturated rings. The summed E-state index contributed by atoms with van der Waals surface area (Å²) in [5.41, 5.74) is 0.867. The van der Waals surface area contributed by atoms with E-state index in [0.29, 0.717) is 6.42 Å². The number of hydrogen-bond donors (Lipinski definition) is 0. The second-order valence-electron chi connectivity index (χ2n) is 5.19. The first-order chi connectivity index (χ1) is 8.91. The summed E-state index contributed by atoms with van der Waals surface area (Å²) in [5.74, 6) is 1.46. The highest BCUT2D eigenvalue weighted by Crippen LogP contribution is 2.34. The van der Waals surface area contributed by atoms with Crippen LogP contribution in [0.4, 0.5) is 0 Å². The van der Waals surface area contributed by atoms with Crippen LogP contribution in [0.25, 0.3) is 0 Å². The molecule has 0 bridgehead atoms. The van der Waals surface area contributed by atoms with Crippen molar-refractivity contribution in [1.29, 1.82) is 5.26 Å². The summed E-state index contributed by atoms with van der Waals surface area (Å²) < 4.78 is 16.7. The van der Waals surface area contributed by atoms with E-state index >= 15 is 0 Å². The summed E-state index contributed by atoms with van der Waals surface area (Å²) in [4.78, 5) is 0. The summed E-state index contributed by atoms with van der Waals surface area (Å²) in [5, 5.41) is 9.00. The second kappa shape index (κ2) is 6.59. The lowest BCUT2D eigenvalue weighted by molar-refractivity contribution is 0.197. The molecule has 0 aliphatic rings. The Kier molecular flexibility index (Phi) is 5.40. The third kappa shape index (κ3) is 4.58. The highest BCUT2D eigenvalue weighted by atomic mass is 28.4. The van der Waals surface area contributed by atoms with Gasteiger partial charge in [-0.25, -0.2) is 0 Å². The standard InChI is InChI=1S/C14H21NO3Si/c1-16-11-6-7-13(17-2)12(10-11)14(8-9-15)18-19(3,4)5/h6-7,10,14H,8H2,1-5H3. The minimum atomic E-state index is -1.75. The minimum absolute atomic E-state index is 0.276. The number of methoxy groups -OCH3 is 2. The molecule has 4 nitrogen and oxygen atoms in total. The van der Waals surface area contributed by atoms with E-state index in [1.807, 2.05) is 18.2 Å². The normalized spacial score (nSPS) is 12.6. The Bertz CT molecular complexity index is 463. The van der Waals surface area contributed by atoms with Crippen molar-refractivity contribution in [2.24, 2.45) is 0 Å². The Labute approximate surface area is 116 Å². The molecule has 0 amide bonds. The summed E-state index contributed by atoms with van der Waals surface area (Å²) in [6.45, 7) is 6.30. The lowest BCUT2D eigenvalue weighted by atomic mass is 10.1. The third-order valence-corrected chi connectivity index (χ3v) is 3.55. The molecule has 0 spiro atoms. The fraction of sp³-hybridized carbons (Fsp3) is 0.500. The average molecular weight is 279 g/mol. The van der Waals surface area contributed by atoms with Crippen LogP contribution in [0.2, 0.25) is 19.6 Å². The maximum atomic E-state index is 9.00. The van der Waals surface area contributed by atoms with Crippen LogP contribution < -0.4 is 9.47 Å².